The predicted molar refractivity (Wildman–Crippen MR) is 46.9 cm³/mol. The Balaban J connectivity index is 3.09. The van der Waals surface area contributed by atoms with Crippen LogP contribution >= 0.6 is 15.9 Å². The molecule has 2 nitrogen and oxygen atoms in total. The van der Waals surface area contributed by atoms with Crippen LogP contribution in [0.15, 0.2) is 16.6 Å². The van der Waals surface area contributed by atoms with Crippen molar-refractivity contribution in [3.63, 3.8) is 0 Å². The summed E-state index contributed by atoms with van der Waals surface area (Å²) in [7, 11) is 0. The third-order valence-corrected chi connectivity index (χ3v) is 2.08. The van der Waals surface area contributed by atoms with Crippen molar-refractivity contribution in [1.29, 1.82) is 0 Å². The first-order valence-electron chi connectivity index (χ1n) is 3.46. The molecular formula is C8H8BrFO2. The van der Waals surface area contributed by atoms with E-state index in [1.54, 1.807) is 6.92 Å². The van der Waals surface area contributed by atoms with Gasteiger partial charge in [-0.3, -0.25) is 0 Å². The van der Waals surface area contributed by atoms with Gasteiger partial charge in [-0.2, -0.15) is 0 Å². The normalized spacial score (nSPS) is 9.92. The van der Waals surface area contributed by atoms with Crippen molar-refractivity contribution in [3.8, 4) is 11.5 Å². The van der Waals surface area contributed by atoms with E-state index in [-0.39, 0.29) is 5.75 Å². The van der Waals surface area contributed by atoms with Gasteiger partial charge in [0.2, 0.25) is 0 Å². The molecule has 0 aliphatic carbocycles. The Morgan fingerprint density at radius 3 is 2.83 bits per heavy atom. The van der Waals surface area contributed by atoms with Gasteiger partial charge in [0, 0.05) is 12.1 Å². The maximum atomic E-state index is 12.7. The topological polar surface area (TPSA) is 29.5 Å². The Labute approximate surface area is 78.1 Å². The van der Waals surface area contributed by atoms with Crippen LogP contribution in [-0.2, 0) is 0 Å². The summed E-state index contributed by atoms with van der Waals surface area (Å²) in [5, 5.41) is 9.14. The Morgan fingerprint density at radius 1 is 1.58 bits per heavy atom. The summed E-state index contributed by atoms with van der Waals surface area (Å²) in [5.74, 6) is -0.354. The molecule has 0 aliphatic heterocycles. The number of benzene rings is 1. The number of halogens is 2. The molecule has 4 heteroatoms. The fourth-order valence-electron chi connectivity index (χ4n) is 0.811. The van der Waals surface area contributed by atoms with Gasteiger partial charge in [0.05, 0.1) is 6.61 Å². The largest absolute Gasteiger partial charge is 0.507 e. The molecule has 12 heavy (non-hydrogen) atoms. The second kappa shape index (κ2) is 3.76. The average molecular weight is 235 g/mol. The van der Waals surface area contributed by atoms with Crippen LogP contribution in [0.5, 0.6) is 11.5 Å². The molecule has 0 saturated carbocycles. The third-order valence-electron chi connectivity index (χ3n) is 1.28. The van der Waals surface area contributed by atoms with Crippen molar-refractivity contribution < 1.29 is 14.2 Å². The molecule has 0 spiro atoms. The van der Waals surface area contributed by atoms with Crippen LogP contribution < -0.4 is 4.74 Å². The van der Waals surface area contributed by atoms with Gasteiger partial charge in [0.1, 0.15) is 21.8 Å². The molecule has 1 aromatic carbocycles. The zero-order valence-electron chi connectivity index (χ0n) is 6.47. The Kier molecular flexibility index (Phi) is 2.92. The van der Waals surface area contributed by atoms with Crippen molar-refractivity contribution in [2.45, 2.75) is 6.92 Å². The molecule has 66 valence electrons. The summed E-state index contributed by atoms with van der Waals surface area (Å²) in [6.45, 7) is 2.22. The van der Waals surface area contributed by atoms with Crippen LogP contribution in [0.2, 0.25) is 0 Å². The van der Waals surface area contributed by atoms with Crippen molar-refractivity contribution in [2.24, 2.45) is 0 Å². The predicted octanol–water partition coefficient (Wildman–Crippen LogP) is 2.69. The fourth-order valence-corrected chi connectivity index (χ4v) is 1.15. The standard InChI is InChI=1S/C8H8BrFO2/c1-2-12-7-4-5(10)3-6(11)8(7)9/h3-4,11H,2H2,1H3. The molecule has 1 rings (SSSR count). The zero-order valence-corrected chi connectivity index (χ0v) is 8.06. The molecule has 0 aliphatic rings. The molecule has 0 radical (unpaired) electrons. The average Bonchev–Trinajstić information content (AvgIpc) is 2.00. The molecule has 1 N–H and O–H groups in total. The van der Waals surface area contributed by atoms with E-state index in [1.165, 1.54) is 6.07 Å². The molecule has 0 heterocycles. The van der Waals surface area contributed by atoms with Crippen molar-refractivity contribution in [2.75, 3.05) is 6.61 Å². The maximum absolute atomic E-state index is 12.7. The smallest absolute Gasteiger partial charge is 0.140 e. The summed E-state index contributed by atoms with van der Waals surface area (Å²) in [6.07, 6.45) is 0. The minimum absolute atomic E-state index is 0.154. The molecule has 0 atom stereocenters. The number of phenolic OH excluding ortho intramolecular Hbond substituents is 1. The highest BCUT2D eigenvalue weighted by molar-refractivity contribution is 9.10. The fraction of sp³-hybridized carbons (Fsp3) is 0.250. The van der Waals surface area contributed by atoms with Crippen molar-refractivity contribution >= 4 is 15.9 Å². The second-order valence-electron chi connectivity index (χ2n) is 2.17. The van der Waals surface area contributed by atoms with Crippen LogP contribution in [0.3, 0.4) is 0 Å². The van der Waals surface area contributed by atoms with Crippen LogP contribution in [0.1, 0.15) is 6.92 Å². The van der Waals surface area contributed by atoms with Crippen LogP contribution in [0.25, 0.3) is 0 Å². The van der Waals surface area contributed by atoms with Gasteiger partial charge in [-0.1, -0.05) is 0 Å². The Morgan fingerprint density at radius 2 is 2.25 bits per heavy atom. The number of aromatic hydroxyl groups is 1. The highest BCUT2D eigenvalue weighted by atomic mass is 79.9. The molecule has 1 aromatic rings. The molecule has 0 unspecified atom stereocenters. The molecule has 0 bridgehead atoms. The number of ether oxygens (including phenoxy) is 1. The van der Waals surface area contributed by atoms with Gasteiger partial charge in [0.15, 0.2) is 0 Å². The first-order chi connectivity index (χ1) is 5.65. The van der Waals surface area contributed by atoms with E-state index in [1.807, 2.05) is 0 Å². The van der Waals surface area contributed by atoms with E-state index in [2.05, 4.69) is 15.9 Å². The van der Waals surface area contributed by atoms with Gasteiger partial charge in [-0.25, -0.2) is 4.39 Å². The molecule has 0 saturated heterocycles. The number of phenols is 1. The van der Waals surface area contributed by atoms with Gasteiger partial charge < -0.3 is 9.84 Å². The molecular weight excluding hydrogens is 227 g/mol. The lowest BCUT2D eigenvalue weighted by Gasteiger charge is -2.06. The van der Waals surface area contributed by atoms with Gasteiger partial charge in [-0.05, 0) is 22.9 Å². The minimum atomic E-state index is -0.515. The summed E-state index contributed by atoms with van der Waals surface area (Å²) >= 11 is 3.07. The quantitative estimate of drug-likeness (QED) is 0.853. The Bertz CT molecular complexity index is 289. The van der Waals surface area contributed by atoms with E-state index in [4.69, 9.17) is 9.84 Å². The van der Waals surface area contributed by atoms with E-state index < -0.39 is 5.82 Å². The van der Waals surface area contributed by atoms with Gasteiger partial charge in [-0.15, -0.1) is 0 Å². The summed E-state index contributed by atoms with van der Waals surface area (Å²) in [4.78, 5) is 0. The number of rotatable bonds is 2. The monoisotopic (exact) mass is 234 g/mol. The van der Waals surface area contributed by atoms with Crippen LogP contribution in [-0.4, -0.2) is 11.7 Å². The molecule has 0 fully saturated rings. The lowest BCUT2D eigenvalue weighted by molar-refractivity contribution is 0.332. The zero-order chi connectivity index (χ0) is 9.14. The summed E-state index contributed by atoms with van der Waals surface area (Å²) in [5.41, 5.74) is 0. The highest BCUT2D eigenvalue weighted by Gasteiger charge is 2.07. The van der Waals surface area contributed by atoms with Crippen LogP contribution in [0, 0.1) is 5.82 Å². The summed E-state index contributed by atoms with van der Waals surface area (Å²) in [6, 6.07) is 2.24. The molecule has 0 amide bonds. The van der Waals surface area contributed by atoms with Gasteiger partial charge in [0.25, 0.3) is 0 Å². The minimum Gasteiger partial charge on any atom is -0.507 e. The van der Waals surface area contributed by atoms with Gasteiger partial charge >= 0.3 is 0 Å². The highest BCUT2D eigenvalue weighted by Crippen LogP contribution is 2.34. The lowest BCUT2D eigenvalue weighted by atomic mass is 10.3. The van der Waals surface area contributed by atoms with E-state index >= 15 is 0 Å². The van der Waals surface area contributed by atoms with Crippen molar-refractivity contribution in [3.05, 3.63) is 22.4 Å². The molecule has 0 aromatic heterocycles. The first kappa shape index (κ1) is 9.32. The number of hydrogen-bond acceptors (Lipinski definition) is 2. The first-order valence-corrected chi connectivity index (χ1v) is 4.25. The van der Waals surface area contributed by atoms with E-state index in [0.29, 0.717) is 16.8 Å². The van der Waals surface area contributed by atoms with Crippen molar-refractivity contribution in [1.82, 2.24) is 0 Å². The third kappa shape index (κ3) is 1.88. The maximum Gasteiger partial charge on any atom is 0.140 e. The lowest BCUT2D eigenvalue weighted by Crippen LogP contribution is -1.93. The second-order valence-corrected chi connectivity index (χ2v) is 2.96. The van der Waals surface area contributed by atoms with E-state index in [0.717, 1.165) is 6.07 Å². The van der Waals surface area contributed by atoms with E-state index in [9.17, 15) is 4.39 Å². The SMILES string of the molecule is CCOc1cc(F)cc(O)c1Br. The van der Waals surface area contributed by atoms with Crippen LogP contribution in [0.4, 0.5) is 4.39 Å². The number of hydrogen-bond donors (Lipinski definition) is 1. The summed E-state index contributed by atoms with van der Waals surface area (Å²) < 4.78 is 18.1. The Hall–Kier alpha value is -0.770.